The van der Waals surface area contributed by atoms with Gasteiger partial charge in [-0.05, 0) is 102 Å². The molecule has 0 saturated heterocycles. The van der Waals surface area contributed by atoms with Crippen LogP contribution in [0.5, 0.6) is 23.0 Å². The van der Waals surface area contributed by atoms with Crippen molar-refractivity contribution in [3.05, 3.63) is 183 Å². The van der Waals surface area contributed by atoms with Crippen LogP contribution in [0.2, 0.25) is 0 Å². The number of carbonyl (C=O) groups is 4. The fraction of sp³-hybridized carbons (Fsp3) is 0.0698. The minimum absolute atomic E-state index is 0.0616. The van der Waals surface area contributed by atoms with E-state index in [1.54, 1.807) is 60.7 Å². The summed E-state index contributed by atoms with van der Waals surface area (Å²) in [5, 5.41) is 35.2. The number of hydrogen-bond donors (Lipinski definition) is 4. The van der Waals surface area contributed by atoms with Crippen molar-refractivity contribution in [3.8, 4) is 23.0 Å². The number of aromatic carboxylic acids is 2. The molecule has 0 fully saturated rings. The molecule has 13 heteroatoms. The Bertz CT molecular complexity index is 2440. The molecular weight excluding hydrogens is 718 g/mol. The van der Waals surface area contributed by atoms with E-state index in [1.807, 2.05) is 48.5 Å². The van der Waals surface area contributed by atoms with E-state index in [0.29, 0.717) is 34.4 Å². The summed E-state index contributed by atoms with van der Waals surface area (Å²) in [7, 11) is 0. The predicted octanol–water partition coefficient (Wildman–Crippen LogP) is 9.41. The number of rotatable bonds is 13. The summed E-state index contributed by atoms with van der Waals surface area (Å²) in [5.41, 5.74) is 1.40. The first-order valence-electron chi connectivity index (χ1n) is 17.0. The van der Waals surface area contributed by atoms with E-state index in [-0.39, 0.29) is 22.1 Å². The van der Waals surface area contributed by atoms with Crippen molar-refractivity contribution in [1.82, 2.24) is 0 Å². The molecule has 0 spiro atoms. The Kier molecular flexibility index (Phi) is 10.9. The van der Waals surface area contributed by atoms with E-state index >= 15 is 0 Å². The molecule has 0 aliphatic heterocycles. The van der Waals surface area contributed by atoms with Crippen LogP contribution in [-0.4, -0.2) is 38.9 Å². The van der Waals surface area contributed by atoms with Crippen molar-refractivity contribution in [1.29, 1.82) is 0 Å². The molecule has 0 saturated carbocycles. The molecule has 6 aromatic rings. The number of carbonyl (C=O) groups excluding carboxylic acids is 2. The van der Waals surface area contributed by atoms with Crippen LogP contribution in [0.1, 0.15) is 66.4 Å². The van der Waals surface area contributed by atoms with Crippen molar-refractivity contribution in [2.24, 2.45) is 0 Å². The van der Waals surface area contributed by atoms with Crippen LogP contribution in [0, 0.1) is 10.1 Å². The molecule has 6 aromatic carbocycles. The van der Waals surface area contributed by atoms with Gasteiger partial charge in [0.15, 0.2) is 0 Å². The lowest BCUT2D eigenvalue weighted by atomic mass is 9.78. The molecular formula is C43H33N3O10. The largest absolute Gasteiger partial charge is 0.478 e. The molecule has 0 radical (unpaired) electrons. The molecule has 4 N–H and O–H groups in total. The highest BCUT2D eigenvalue weighted by atomic mass is 16.6. The second kappa shape index (κ2) is 16.1. The molecule has 6 rings (SSSR count). The van der Waals surface area contributed by atoms with Crippen molar-refractivity contribution in [3.63, 3.8) is 0 Å². The highest BCUT2D eigenvalue weighted by molar-refractivity contribution is 6.11. The van der Waals surface area contributed by atoms with Crippen molar-refractivity contribution in [2.75, 3.05) is 10.6 Å². The highest BCUT2D eigenvalue weighted by Crippen LogP contribution is 2.35. The van der Waals surface area contributed by atoms with E-state index in [9.17, 15) is 39.5 Å². The van der Waals surface area contributed by atoms with Crippen LogP contribution in [-0.2, 0) is 5.41 Å². The summed E-state index contributed by atoms with van der Waals surface area (Å²) < 4.78 is 12.0. The van der Waals surface area contributed by atoms with Gasteiger partial charge in [0.1, 0.15) is 23.0 Å². The summed E-state index contributed by atoms with van der Waals surface area (Å²) >= 11 is 0. The van der Waals surface area contributed by atoms with Gasteiger partial charge in [-0.3, -0.25) is 19.7 Å². The number of carboxylic acid groups (broad SMARTS) is 2. The Morgan fingerprint density at radius 2 is 0.911 bits per heavy atom. The number of non-ortho nitro benzene ring substituents is 1. The lowest BCUT2D eigenvalue weighted by molar-refractivity contribution is -0.384. The molecule has 0 aliphatic rings. The smallest absolute Gasteiger partial charge is 0.336 e. The molecule has 0 heterocycles. The number of carboxylic acids is 2. The Labute approximate surface area is 319 Å². The number of nitro groups is 1. The Morgan fingerprint density at radius 3 is 1.30 bits per heavy atom. The van der Waals surface area contributed by atoms with Crippen LogP contribution < -0.4 is 20.1 Å². The van der Waals surface area contributed by atoms with Gasteiger partial charge < -0.3 is 30.3 Å². The topological polar surface area (TPSA) is 194 Å². The predicted molar refractivity (Wildman–Crippen MR) is 207 cm³/mol. The normalized spacial score (nSPS) is 10.9. The van der Waals surface area contributed by atoms with Crippen LogP contribution in [0.25, 0.3) is 0 Å². The van der Waals surface area contributed by atoms with E-state index in [4.69, 9.17) is 9.47 Å². The monoisotopic (exact) mass is 751 g/mol. The van der Waals surface area contributed by atoms with Gasteiger partial charge >= 0.3 is 11.9 Å². The number of nitro benzene ring substituents is 1. The number of anilines is 2. The maximum absolute atomic E-state index is 12.8. The van der Waals surface area contributed by atoms with Gasteiger partial charge in [0.05, 0.1) is 27.2 Å². The lowest BCUT2D eigenvalue weighted by Gasteiger charge is -2.26. The van der Waals surface area contributed by atoms with Gasteiger partial charge in [0, 0.05) is 28.9 Å². The van der Waals surface area contributed by atoms with Gasteiger partial charge in [0.25, 0.3) is 17.5 Å². The summed E-state index contributed by atoms with van der Waals surface area (Å²) in [6, 6.07) is 37.6. The molecule has 280 valence electrons. The summed E-state index contributed by atoms with van der Waals surface area (Å²) in [4.78, 5) is 58.9. The molecule has 56 heavy (non-hydrogen) atoms. The van der Waals surface area contributed by atoms with E-state index in [2.05, 4.69) is 24.5 Å². The number of nitrogens with one attached hydrogen (secondary N) is 2. The van der Waals surface area contributed by atoms with E-state index in [1.165, 1.54) is 12.1 Å². The number of ether oxygens (including phenoxy) is 2. The number of benzene rings is 6. The summed E-state index contributed by atoms with van der Waals surface area (Å²) in [5.74, 6) is -1.67. The third kappa shape index (κ3) is 8.69. The summed E-state index contributed by atoms with van der Waals surface area (Å²) in [6.07, 6.45) is 0. The summed E-state index contributed by atoms with van der Waals surface area (Å²) in [6.45, 7) is 4.20. The van der Waals surface area contributed by atoms with Gasteiger partial charge in [-0.25, -0.2) is 9.59 Å². The molecule has 0 bridgehead atoms. The molecule has 0 atom stereocenters. The quantitative estimate of drug-likeness (QED) is 0.0652. The third-order valence-corrected chi connectivity index (χ3v) is 8.94. The number of amides is 2. The fourth-order valence-electron chi connectivity index (χ4n) is 5.82. The third-order valence-electron chi connectivity index (χ3n) is 8.94. The van der Waals surface area contributed by atoms with Crippen molar-refractivity contribution >= 4 is 40.8 Å². The second-order valence-electron chi connectivity index (χ2n) is 13.0. The van der Waals surface area contributed by atoms with Gasteiger partial charge in [0.2, 0.25) is 0 Å². The zero-order valence-electron chi connectivity index (χ0n) is 29.9. The average Bonchev–Trinajstić information content (AvgIpc) is 3.19. The lowest BCUT2D eigenvalue weighted by Crippen LogP contribution is -2.18. The Balaban J connectivity index is 1.04. The standard InChI is InChI=1S/C43H33N3O10/c1-43(2,26-7-16-31(17-8-26)55-33-20-11-28(12-21-33)44-39(47)35-5-3-4-6-37(35)41(49)50)27-9-18-32(19-10-27)56-34-22-13-29(14-23-34)45-40(48)36-24-15-30(46(53)54)25-38(36)42(51)52/h3-25H,1-2H3,(H,44,47)(H,45,48)(H,49,50)(H,51,52). The minimum Gasteiger partial charge on any atom is -0.478 e. The maximum Gasteiger partial charge on any atom is 0.336 e. The van der Waals surface area contributed by atoms with Gasteiger partial charge in [-0.1, -0.05) is 50.2 Å². The number of hydrogen-bond acceptors (Lipinski definition) is 8. The van der Waals surface area contributed by atoms with Crippen LogP contribution in [0.15, 0.2) is 140 Å². The first-order valence-corrected chi connectivity index (χ1v) is 17.0. The SMILES string of the molecule is CC(C)(c1ccc(Oc2ccc(NC(=O)c3ccccc3C(=O)O)cc2)cc1)c1ccc(Oc2ccc(NC(=O)c3ccc([N+](=O)[O-])cc3C(=O)O)cc2)cc1. The van der Waals surface area contributed by atoms with E-state index in [0.717, 1.165) is 29.3 Å². The zero-order chi connectivity index (χ0) is 40.0. The Hall–Kier alpha value is -7.80. The van der Waals surface area contributed by atoms with Crippen molar-refractivity contribution in [2.45, 2.75) is 19.3 Å². The highest BCUT2D eigenvalue weighted by Gasteiger charge is 2.24. The number of nitrogens with zero attached hydrogens (tertiary/aromatic N) is 1. The van der Waals surface area contributed by atoms with Crippen LogP contribution in [0.3, 0.4) is 0 Å². The molecule has 0 aromatic heterocycles. The van der Waals surface area contributed by atoms with Crippen LogP contribution >= 0.6 is 0 Å². The molecule has 0 aliphatic carbocycles. The van der Waals surface area contributed by atoms with Crippen molar-refractivity contribution < 1.29 is 43.8 Å². The molecule has 2 amide bonds. The Morgan fingerprint density at radius 1 is 0.536 bits per heavy atom. The van der Waals surface area contributed by atoms with Gasteiger partial charge in [-0.15, -0.1) is 0 Å². The molecule has 0 unspecified atom stereocenters. The fourth-order valence-corrected chi connectivity index (χ4v) is 5.82. The maximum atomic E-state index is 12.8. The van der Waals surface area contributed by atoms with E-state index < -0.39 is 39.9 Å². The van der Waals surface area contributed by atoms with Gasteiger partial charge in [-0.2, -0.15) is 0 Å². The van der Waals surface area contributed by atoms with Crippen LogP contribution in [0.4, 0.5) is 17.1 Å². The molecule has 13 nitrogen and oxygen atoms in total. The zero-order valence-corrected chi connectivity index (χ0v) is 29.9. The first kappa shape index (κ1) is 37.9. The average molecular weight is 752 g/mol. The first-order chi connectivity index (χ1) is 26.8. The minimum atomic E-state index is -1.46. The second-order valence-corrected chi connectivity index (χ2v) is 13.0.